The van der Waals surface area contributed by atoms with Gasteiger partial charge >= 0.3 is 0 Å². The minimum Gasteiger partial charge on any atom is -0.343 e. The fourth-order valence-corrected chi connectivity index (χ4v) is 3.22. The Kier molecular flexibility index (Phi) is 13.5. The van der Waals surface area contributed by atoms with Crippen molar-refractivity contribution < 1.29 is 4.79 Å². The van der Waals surface area contributed by atoms with Gasteiger partial charge in [-0.15, -0.1) is 0 Å². The summed E-state index contributed by atoms with van der Waals surface area (Å²) in [6, 6.07) is 0. The number of allylic oxidation sites excluding steroid dienone is 4. The lowest BCUT2D eigenvalue weighted by Gasteiger charge is -2.14. The smallest absolute Gasteiger partial charge is 0.222 e. The van der Waals surface area contributed by atoms with Gasteiger partial charge in [-0.25, -0.2) is 0 Å². The van der Waals surface area contributed by atoms with Crippen LogP contribution in [0, 0.1) is 0 Å². The summed E-state index contributed by atoms with van der Waals surface area (Å²) in [5, 5.41) is 0. The molecule has 24 heavy (non-hydrogen) atoms. The predicted octanol–water partition coefficient (Wildman–Crippen LogP) is 6.42. The van der Waals surface area contributed by atoms with Crippen LogP contribution < -0.4 is 0 Å². The maximum Gasteiger partial charge on any atom is 0.222 e. The Balaban J connectivity index is 1.78. The number of likely N-dealkylation sites (tertiary alicyclic amines) is 1. The molecule has 1 fully saturated rings. The van der Waals surface area contributed by atoms with Gasteiger partial charge < -0.3 is 4.90 Å². The number of unbranched alkanes of at least 4 members (excludes halogenated alkanes) is 8. The van der Waals surface area contributed by atoms with Crippen LogP contribution in [0.2, 0.25) is 0 Å². The highest BCUT2D eigenvalue weighted by atomic mass is 16.2. The summed E-state index contributed by atoms with van der Waals surface area (Å²) in [5.74, 6) is 0.392. The second-order valence-corrected chi connectivity index (χ2v) is 7.07. The van der Waals surface area contributed by atoms with Crippen LogP contribution >= 0.6 is 0 Å². The van der Waals surface area contributed by atoms with Crippen LogP contribution in [-0.2, 0) is 4.79 Å². The Morgan fingerprint density at radius 1 is 0.792 bits per heavy atom. The van der Waals surface area contributed by atoms with Gasteiger partial charge in [-0.1, -0.05) is 69.8 Å². The number of rotatable bonds is 14. The molecule has 0 saturated carbocycles. The minimum absolute atomic E-state index is 0.392. The molecule has 0 aliphatic carbocycles. The van der Waals surface area contributed by atoms with Crippen LogP contribution in [0.15, 0.2) is 24.3 Å². The van der Waals surface area contributed by atoms with E-state index in [0.717, 1.165) is 32.4 Å². The summed E-state index contributed by atoms with van der Waals surface area (Å²) in [6.45, 7) is 4.22. The molecular weight excluding hydrogens is 294 g/mol. The zero-order valence-corrected chi connectivity index (χ0v) is 16.0. The predicted molar refractivity (Wildman–Crippen MR) is 105 cm³/mol. The zero-order chi connectivity index (χ0) is 17.3. The van der Waals surface area contributed by atoms with Gasteiger partial charge in [0.1, 0.15) is 0 Å². The first kappa shape index (κ1) is 21.0. The molecular formula is C22H39NO. The number of carbonyl (C=O) groups is 1. The van der Waals surface area contributed by atoms with E-state index in [1.54, 1.807) is 0 Å². The molecule has 0 radical (unpaired) electrons. The largest absolute Gasteiger partial charge is 0.343 e. The Hall–Kier alpha value is -1.05. The second-order valence-electron chi connectivity index (χ2n) is 7.07. The molecule has 1 aliphatic heterocycles. The van der Waals surface area contributed by atoms with E-state index in [1.807, 2.05) is 4.90 Å². The van der Waals surface area contributed by atoms with E-state index in [4.69, 9.17) is 0 Å². The number of amides is 1. The molecule has 0 atom stereocenters. The minimum atomic E-state index is 0.392. The molecule has 2 nitrogen and oxygen atoms in total. The van der Waals surface area contributed by atoms with Gasteiger partial charge in [0.2, 0.25) is 5.91 Å². The average molecular weight is 334 g/mol. The summed E-state index contributed by atoms with van der Waals surface area (Å²) in [7, 11) is 0. The molecule has 0 aromatic carbocycles. The van der Waals surface area contributed by atoms with Gasteiger partial charge in [0.15, 0.2) is 0 Å². The van der Waals surface area contributed by atoms with Crippen LogP contribution in [0.1, 0.15) is 96.8 Å². The van der Waals surface area contributed by atoms with Crippen LogP contribution in [0.3, 0.4) is 0 Å². The Morgan fingerprint density at radius 3 is 2.04 bits per heavy atom. The van der Waals surface area contributed by atoms with Gasteiger partial charge in [0.05, 0.1) is 0 Å². The zero-order valence-electron chi connectivity index (χ0n) is 16.0. The summed E-state index contributed by atoms with van der Waals surface area (Å²) >= 11 is 0. The van der Waals surface area contributed by atoms with Crippen molar-refractivity contribution in [2.75, 3.05) is 13.1 Å². The average Bonchev–Trinajstić information content (AvgIpc) is 3.13. The van der Waals surface area contributed by atoms with E-state index in [0.29, 0.717) is 5.91 Å². The van der Waals surface area contributed by atoms with E-state index in [-0.39, 0.29) is 0 Å². The SMILES string of the molecule is CCC/C=C/C/C=C/CCCCCCCCCC(=O)N1CCCC1. The molecule has 1 aliphatic rings. The molecule has 1 saturated heterocycles. The lowest BCUT2D eigenvalue weighted by Crippen LogP contribution is -2.27. The standard InChI is InChI=1S/C22H39NO/c1-2-3-4-5-6-7-8-9-10-11-12-13-14-15-16-19-22(24)23-20-17-18-21-23/h4-5,7-8H,2-3,6,9-21H2,1H3/b5-4+,8-7+. The van der Waals surface area contributed by atoms with Crippen molar-refractivity contribution in [3.8, 4) is 0 Å². The van der Waals surface area contributed by atoms with E-state index in [1.165, 1.54) is 70.6 Å². The molecule has 1 amide bonds. The molecule has 0 aromatic heterocycles. The van der Waals surface area contributed by atoms with E-state index in [2.05, 4.69) is 31.2 Å². The fourth-order valence-electron chi connectivity index (χ4n) is 3.22. The Bertz CT molecular complexity index is 353. The summed E-state index contributed by atoms with van der Waals surface area (Å²) < 4.78 is 0. The Labute approximate surface area is 150 Å². The number of carbonyl (C=O) groups excluding carboxylic acids is 1. The third-order valence-electron chi connectivity index (χ3n) is 4.78. The van der Waals surface area contributed by atoms with Crippen molar-refractivity contribution in [3.63, 3.8) is 0 Å². The molecule has 0 spiro atoms. The van der Waals surface area contributed by atoms with E-state index >= 15 is 0 Å². The molecule has 0 unspecified atom stereocenters. The van der Waals surface area contributed by atoms with Gasteiger partial charge in [0.25, 0.3) is 0 Å². The monoisotopic (exact) mass is 333 g/mol. The van der Waals surface area contributed by atoms with Crippen LogP contribution in [0.5, 0.6) is 0 Å². The number of nitrogens with zero attached hydrogens (tertiary/aromatic N) is 1. The first-order chi connectivity index (χ1) is 11.8. The van der Waals surface area contributed by atoms with Crippen LogP contribution in [0.25, 0.3) is 0 Å². The first-order valence-electron chi connectivity index (χ1n) is 10.4. The lowest BCUT2D eigenvalue weighted by atomic mass is 10.1. The highest BCUT2D eigenvalue weighted by Gasteiger charge is 2.16. The van der Waals surface area contributed by atoms with Crippen molar-refractivity contribution in [1.29, 1.82) is 0 Å². The first-order valence-corrected chi connectivity index (χ1v) is 10.4. The van der Waals surface area contributed by atoms with Gasteiger partial charge in [-0.3, -0.25) is 4.79 Å². The van der Waals surface area contributed by atoms with E-state index in [9.17, 15) is 4.79 Å². The molecule has 2 heteroatoms. The topological polar surface area (TPSA) is 20.3 Å². The molecule has 0 aromatic rings. The lowest BCUT2D eigenvalue weighted by molar-refractivity contribution is -0.130. The van der Waals surface area contributed by atoms with Crippen molar-refractivity contribution in [2.24, 2.45) is 0 Å². The molecule has 0 bridgehead atoms. The van der Waals surface area contributed by atoms with Crippen molar-refractivity contribution in [3.05, 3.63) is 24.3 Å². The van der Waals surface area contributed by atoms with Crippen molar-refractivity contribution in [1.82, 2.24) is 4.90 Å². The molecule has 138 valence electrons. The number of hydrogen-bond donors (Lipinski definition) is 0. The van der Waals surface area contributed by atoms with E-state index < -0.39 is 0 Å². The van der Waals surface area contributed by atoms with Crippen molar-refractivity contribution in [2.45, 2.75) is 96.8 Å². The normalized spacial score (nSPS) is 15.1. The number of hydrogen-bond acceptors (Lipinski definition) is 1. The Morgan fingerprint density at radius 2 is 1.38 bits per heavy atom. The van der Waals surface area contributed by atoms with Crippen molar-refractivity contribution >= 4 is 5.91 Å². The third kappa shape index (κ3) is 11.5. The highest BCUT2D eigenvalue weighted by molar-refractivity contribution is 5.76. The molecule has 0 N–H and O–H groups in total. The third-order valence-corrected chi connectivity index (χ3v) is 4.78. The van der Waals surface area contributed by atoms with Gasteiger partial charge in [-0.2, -0.15) is 0 Å². The summed E-state index contributed by atoms with van der Waals surface area (Å²) in [4.78, 5) is 13.9. The summed E-state index contributed by atoms with van der Waals surface area (Å²) in [6.07, 6.45) is 26.1. The van der Waals surface area contributed by atoms with Gasteiger partial charge in [-0.05, 0) is 44.9 Å². The maximum absolute atomic E-state index is 11.9. The summed E-state index contributed by atoms with van der Waals surface area (Å²) in [5.41, 5.74) is 0. The maximum atomic E-state index is 11.9. The van der Waals surface area contributed by atoms with Crippen LogP contribution in [0.4, 0.5) is 0 Å². The highest BCUT2D eigenvalue weighted by Crippen LogP contribution is 2.13. The van der Waals surface area contributed by atoms with Crippen LogP contribution in [-0.4, -0.2) is 23.9 Å². The second kappa shape index (κ2) is 15.5. The molecule has 1 heterocycles. The quantitative estimate of drug-likeness (QED) is 0.265. The molecule has 1 rings (SSSR count). The van der Waals surface area contributed by atoms with Gasteiger partial charge in [0, 0.05) is 19.5 Å². The fraction of sp³-hybridized carbons (Fsp3) is 0.773.